The van der Waals surface area contributed by atoms with Crippen LogP contribution in [0.1, 0.15) is 33.5 Å². The average Bonchev–Trinajstić information content (AvgIpc) is 2.60. The maximum absolute atomic E-state index is 13.0. The Bertz CT molecular complexity index is 985. The van der Waals surface area contributed by atoms with Crippen LogP contribution in [0.4, 0.5) is 37.7 Å². The number of amides is 2. The van der Waals surface area contributed by atoms with Gasteiger partial charge in [0, 0.05) is 35.8 Å². The molecule has 2 amide bonds. The Morgan fingerprint density at radius 2 is 1.70 bits per heavy atom. The molecule has 160 valence electrons. The summed E-state index contributed by atoms with van der Waals surface area (Å²) in [6.07, 6.45) is -9.55. The van der Waals surface area contributed by atoms with Gasteiger partial charge in [-0.05, 0) is 41.3 Å². The number of benzene rings is 1. The van der Waals surface area contributed by atoms with Gasteiger partial charge in [-0.1, -0.05) is 0 Å². The van der Waals surface area contributed by atoms with Gasteiger partial charge in [0.25, 0.3) is 5.91 Å². The third-order valence-electron chi connectivity index (χ3n) is 4.38. The number of carbonyl (C=O) groups is 2. The highest BCUT2D eigenvalue weighted by molar-refractivity contribution is 6.05. The molecule has 30 heavy (non-hydrogen) atoms. The number of aryl methyl sites for hydroxylation is 1. The van der Waals surface area contributed by atoms with Crippen molar-refractivity contribution in [1.82, 2.24) is 4.98 Å². The van der Waals surface area contributed by atoms with Crippen LogP contribution in [-0.2, 0) is 24.1 Å². The number of hydrogen-bond acceptors (Lipinski definition) is 3. The summed E-state index contributed by atoms with van der Waals surface area (Å²) in [5.74, 6) is -1.33. The number of aromatic nitrogens is 1. The van der Waals surface area contributed by atoms with Crippen LogP contribution in [0.5, 0.6) is 0 Å². The molecule has 1 aromatic carbocycles. The van der Waals surface area contributed by atoms with Crippen molar-refractivity contribution in [2.45, 2.75) is 38.0 Å². The smallest absolute Gasteiger partial charge is 0.326 e. The number of rotatable bonds is 4. The molecule has 0 fully saturated rings. The van der Waals surface area contributed by atoms with Crippen molar-refractivity contribution in [1.29, 1.82) is 0 Å². The van der Waals surface area contributed by atoms with Crippen LogP contribution in [0, 0.1) is 0 Å². The molecule has 0 saturated carbocycles. The molecule has 0 aliphatic carbocycles. The molecule has 5 nitrogen and oxygen atoms in total. The molecule has 0 spiro atoms. The number of nitrogens with one attached hydrogen (secondary N) is 2. The summed E-state index contributed by atoms with van der Waals surface area (Å²) < 4.78 is 77.1. The third-order valence-corrected chi connectivity index (χ3v) is 4.38. The van der Waals surface area contributed by atoms with E-state index in [1.54, 1.807) is 0 Å². The molecule has 2 N–H and O–H groups in total. The first-order valence-corrected chi connectivity index (χ1v) is 8.75. The first kappa shape index (κ1) is 21.6. The second kappa shape index (κ2) is 7.96. The molecule has 1 aliphatic rings. The molecular weight excluding hydrogens is 416 g/mol. The Morgan fingerprint density at radius 1 is 1.03 bits per heavy atom. The molecule has 0 unspecified atom stereocenters. The van der Waals surface area contributed by atoms with Gasteiger partial charge in [0.15, 0.2) is 0 Å². The summed E-state index contributed by atoms with van der Waals surface area (Å²) >= 11 is 0. The van der Waals surface area contributed by atoms with Crippen molar-refractivity contribution in [3.63, 3.8) is 0 Å². The minimum Gasteiger partial charge on any atom is -0.326 e. The number of alkyl halides is 6. The summed E-state index contributed by atoms with van der Waals surface area (Å²) in [4.78, 5) is 27.7. The van der Waals surface area contributed by atoms with Crippen LogP contribution in [0.25, 0.3) is 0 Å². The van der Waals surface area contributed by atoms with E-state index in [1.165, 1.54) is 6.07 Å². The third kappa shape index (κ3) is 5.49. The summed E-state index contributed by atoms with van der Waals surface area (Å²) in [6.45, 7) is 0. The first-order valence-electron chi connectivity index (χ1n) is 8.75. The highest BCUT2D eigenvalue weighted by Crippen LogP contribution is 2.34. The zero-order valence-corrected chi connectivity index (χ0v) is 15.2. The van der Waals surface area contributed by atoms with Gasteiger partial charge >= 0.3 is 12.4 Å². The average molecular weight is 431 g/mol. The minimum atomic E-state index is -4.57. The summed E-state index contributed by atoms with van der Waals surface area (Å²) in [7, 11) is 0. The lowest BCUT2D eigenvalue weighted by Crippen LogP contribution is -2.23. The van der Waals surface area contributed by atoms with Crippen molar-refractivity contribution < 1.29 is 35.9 Å². The quantitative estimate of drug-likeness (QED) is 0.704. The summed E-state index contributed by atoms with van der Waals surface area (Å²) in [5, 5.41) is 4.77. The Hall–Kier alpha value is -3.11. The zero-order chi connectivity index (χ0) is 22.1. The standard InChI is InChI=1S/C19H15F6N3O2/c20-18(21,22)7-11-6-13(5-10-1-2-15(29)28-16(10)11)27-17(30)14-3-4-26-9-12(14)8-19(23,24)25/h3-6,9H,1-2,7-8H2,(H,27,30)(H,28,29). The largest absolute Gasteiger partial charge is 0.393 e. The topological polar surface area (TPSA) is 71.1 Å². The van der Waals surface area contributed by atoms with E-state index in [1.807, 2.05) is 0 Å². The molecular formula is C19H15F6N3O2. The van der Waals surface area contributed by atoms with Crippen LogP contribution in [-0.4, -0.2) is 29.2 Å². The maximum atomic E-state index is 13.0. The number of fused-ring (bicyclic) bond motifs is 1. The van der Waals surface area contributed by atoms with Gasteiger partial charge in [-0.15, -0.1) is 0 Å². The van der Waals surface area contributed by atoms with E-state index < -0.39 is 37.0 Å². The number of halogens is 6. The highest BCUT2D eigenvalue weighted by atomic mass is 19.4. The van der Waals surface area contributed by atoms with Crippen LogP contribution >= 0.6 is 0 Å². The van der Waals surface area contributed by atoms with Gasteiger partial charge in [-0.2, -0.15) is 26.3 Å². The predicted molar refractivity (Wildman–Crippen MR) is 95.1 cm³/mol. The molecule has 0 saturated heterocycles. The monoisotopic (exact) mass is 431 g/mol. The van der Waals surface area contributed by atoms with E-state index in [-0.39, 0.29) is 40.9 Å². The fourth-order valence-electron chi connectivity index (χ4n) is 3.21. The Balaban J connectivity index is 1.93. The van der Waals surface area contributed by atoms with Crippen molar-refractivity contribution in [3.8, 4) is 0 Å². The molecule has 3 rings (SSSR count). The van der Waals surface area contributed by atoms with Gasteiger partial charge in [0.05, 0.1) is 12.8 Å². The molecule has 2 heterocycles. The fourth-order valence-corrected chi connectivity index (χ4v) is 3.21. The molecule has 1 aliphatic heterocycles. The van der Waals surface area contributed by atoms with E-state index >= 15 is 0 Å². The SMILES string of the molecule is O=C1CCc2cc(NC(=O)c3ccncc3CC(F)(F)F)cc(CC(F)(F)F)c2N1. The molecule has 1 aromatic heterocycles. The number of nitrogens with zero attached hydrogens (tertiary/aromatic N) is 1. The number of carbonyl (C=O) groups excluding carboxylic acids is 2. The van der Waals surface area contributed by atoms with Crippen molar-refractivity contribution in [2.24, 2.45) is 0 Å². The lowest BCUT2D eigenvalue weighted by atomic mass is 9.96. The van der Waals surface area contributed by atoms with Gasteiger partial charge in [0.1, 0.15) is 0 Å². The van der Waals surface area contributed by atoms with E-state index in [9.17, 15) is 35.9 Å². The predicted octanol–water partition coefficient (Wildman–Crippen LogP) is 4.43. The first-order chi connectivity index (χ1) is 13.9. The van der Waals surface area contributed by atoms with Gasteiger partial charge in [0.2, 0.25) is 5.91 Å². The molecule has 0 atom stereocenters. The molecule has 0 radical (unpaired) electrons. The second-order valence-corrected chi connectivity index (χ2v) is 6.79. The lowest BCUT2D eigenvalue weighted by molar-refractivity contribution is -0.128. The number of pyridine rings is 1. The van der Waals surface area contributed by atoms with E-state index in [0.717, 1.165) is 24.5 Å². The zero-order valence-electron chi connectivity index (χ0n) is 15.2. The fraction of sp³-hybridized carbons (Fsp3) is 0.316. The van der Waals surface area contributed by atoms with Crippen LogP contribution in [0.2, 0.25) is 0 Å². The van der Waals surface area contributed by atoms with Gasteiger partial charge in [-0.25, -0.2) is 0 Å². The minimum absolute atomic E-state index is 0.0103. The summed E-state index contributed by atoms with van der Waals surface area (Å²) in [6, 6.07) is 3.56. The van der Waals surface area contributed by atoms with Crippen LogP contribution in [0.15, 0.2) is 30.6 Å². The number of hydrogen-bond donors (Lipinski definition) is 2. The Kier molecular flexibility index (Phi) is 5.73. The van der Waals surface area contributed by atoms with Crippen LogP contribution in [0.3, 0.4) is 0 Å². The van der Waals surface area contributed by atoms with E-state index in [2.05, 4.69) is 15.6 Å². The lowest BCUT2D eigenvalue weighted by Gasteiger charge is -2.22. The van der Waals surface area contributed by atoms with Gasteiger partial charge in [-0.3, -0.25) is 14.6 Å². The number of anilines is 2. The summed E-state index contributed by atoms with van der Waals surface area (Å²) in [5.41, 5.74) is -0.452. The van der Waals surface area contributed by atoms with E-state index in [4.69, 9.17) is 0 Å². The van der Waals surface area contributed by atoms with Gasteiger partial charge < -0.3 is 10.6 Å². The molecule has 2 aromatic rings. The Labute approximate surface area is 166 Å². The van der Waals surface area contributed by atoms with Crippen molar-refractivity contribution in [2.75, 3.05) is 10.6 Å². The maximum Gasteiger partial charge on any atom is 0.393 e. The highest BCUT2D eigenvalue weighted by Gasteiger charge is 2.32. The normalized spacial score (nSPS) is 14.1. The van der Waals surface area contributed by atoms with Crippen molar-refractivity contribution in [3.05, 3.63) is 52.8 Å². The van der Waals surface area contributed by atoms with E-state index in [0.29, 0.717) is 5.56 Å². The van der Waals surface area contributed by atoms with Crippen molar-refractivity contribution >= 4 is 23.2 Å². The van der Waals surface area contributed by atoms with Crippen LogP contribution < -0.4 is 10.6 Å². The second-order valence-electron chi connectivity index (χ2n) is 6.79. The molecule has 0 bridgehead atoms. The Morgan fingerprint density at radius 3 is 2.37 bits per heavy atom. The molecule has 11 heteroatoms.